The molecule has 1 saturated carbocycles. The molecule has 0 aromatic heterocycles. The van der Waals surface area contributed by atoms with Crippen molar-refractivity contribution >= 4 is 33.4 Å². The molecule has 24 heavy (non-hydrogen) atoms. The number of carbonyl (C=O) groups excluding carboxylic acids is 1. The van der Waals surface area contributed by atoms with Crippen LogP contribution in [-0.2, 0) is 14.8 Å². The fourth-order valence-electron chi connectivity index (χ4n) is 3.22. The van der Waals surface area contributed by atoms with Crippen LogP contribution in [0.1, 0.15) is 51.9 Å². The van der Waals surface area contributed by atoms with Gasteiger partial charge in [-0.1, -0.05) is 32.1 Å². The third-order valence-corrected chi connectivity index (χ3v) is 7.31. The first-order valence-corrected chi connectivity index (χ1v) is 11.0. The summed E-state index contributed by atoms with van der Waals surface area (Å²) in [6.45, 7) is 1.84. The predicted octanol–water partition coefficient (Wildman–Crippen LogP) is 3.51. The van der Waals surface area contributed by atoms with Crippen molar-refractivity contribution in [2.75, 3.05) is 5.32 Å². The summed E-state index contributed by atoms with van der Waals surface area (Å²) in [6.07, 6.45) is 7.55. The minimum Gasteiger partial charge on any atom is -0.324 e. The van der Waals surface area contributed by atoms with Crippen LogP contribution in [0.2, 0.25) is 0 Å². The summed E-state index contributed by atoms with van der Waals surface area (Å²) in [5, 5.41) is 2.63. The van der Waals surface area contributed by atoms with Gasteiger partial charge in [0.2, 0.25) is 15.9 Å². The van der Waals surface area contributed by atoms with E-state index in [0.29, 0.717) is 5.69 Å². The highest BCUT2D eigenvalue weighted by molar-refractivity contribution is 8.01. The smallest absolute Gasteiger partial charge is 0.240 e. The molecule has 2 N–H and O–H groups in total. The zero-order chi connectivity index (χ0) is 17.2. The first-order chi connectivity index (χ1) is 11.5. The van der Waals surface area contributed by atoms with Crippen LogP contribution in [0, 0.1) is 0 Å². The Morgan fingerprint density at radius 3 is 2.50 bits per heavy atom. The molecule has 0 bridgehead atoms. The van der Waals surface area contributed by atoms with E-state index in [0.717, 1.165) is 30.6 Å². The highest BCUT2D eigenvalue weighted by Gasteiger charge is 2.26. The van der Waals surface area contributed by atoms with Crippen LogP contribution >= 0.6 is 11.8 Å². The minimum absolute atomic E-state index is 0.00956. The number of hydrogen-bond donors (Lipinski definition) is 2. The molecule has 1 fully saturated rings. The molecule has 1 aliphatic heterocycles. The first kappa shape index (κ1) is 17.8. The third-order valence-electron chi connectivity index (χ3n) is 4.62. The molecule has 132 valence electrons. The molecule has 1 amide bonds. The van der Waals surface area contributed by atoms with Gasteiger partial charge in [0.15, 0.2) is 0 Å². The van der Waals surface area contributed by atoms with Gasteiger partial charge in [-0.3, -0.25) is 4.79 Å². The van der Waals surface area contributed by atoms with Gasteiger partial charge in [-0.2, -0.15) is 0 Å². The van der Waals surface area contributed by atoms with Crippen molar-refractivity contribution in [3.05, 3.63) is 18.2 Å². The molecule has 7 heteroatoms. The lowest BCUT2D eigenvalue weighted by atomic mass is 9.97. The van der Waals surface area contributed by atoms with Gasteiger partial charge in [0.05, 0.1) is 15.8 Å². The SMILES string of the molecule is CC1Sc2ccc(S(=O)(=O)NC3CCCCCCC3)cc2NC1=O. The van der Waals surface area contributed by atoms with Crippen molar-refractivity contribution in [2.45, 2.75) is 73.0 Å². The van der Waals surface area contributed by atoms with Gasteiger partial charge < -0.3 is 5.32 Å². The maximum Gasteiger partial charge on any atom is 0.240 e. The van der Waals surface area contributed by atoms with Crippen molar-refractivity contribution < 1.29 is 13.2 Å². The Balaban J connectivity index is 1.77. The molecule has 5 nitrogen and oxygen atoms in total. The van der Waals surface area contributed by atoms with Gasteiger partial charge in [0.25, 0.3) is 0 Å². The van der Waals surface area contributed by atoms with E-state index in [-0.39, 0.29) is 22.1 Å². The number of hydrogen-bond acceptors (Lipinski definition) is 4. The molecule has 2 aliphatic rings. The molecule has 1 unspecified atom stereocenters. The number of nitrogens with one attached hydrogen (secondary N) is 2. The first-order valence-electron chi connectivity index (χ1n) is 8.59. The summed E-state index contributed by atoms with van der Waals surface area (Å²) < 4.78 is 28.3. The number of carbonyl (C=O) groups is 1. The van der Waals surface area contributed by atoms with E-state index in [1.807, 2.05) is 6.92 Å². The van der Waals surface area contributed by atoms with E-state index in [1.54, 1.807) is 18.2 Å². The molecule has 3 rings (SSSR count). The van der Waals surface area contributed by atoms with Crippen molar-refractivity contribution in [1.29, 1.82) is 0 Å². The molecule has 1 aliphatic carbocycles. The normalized spacial score (nSPS) is 23.0. The van der Waals surface area contributed by atoms with Crippen molar-refractivity contribution in [3.8, 4) is 0 Å². The highest BCUT2D eigenvalue weighted by atomic mass is 32.2. The number of anilines is 1. The van der Waals surface area contributed by atoms with Crippen molar-refractivity contribution in [2.24, 2.45) is 0 Å². The zero-order valence-corrected chi connectivity index (χ0v) is 15.5. The minimum atomic E-state index is -3.56. The second kappa shape index (κ2) is 7.45. The summed E-state index contributed by atoms with van der Waals surface area (Å²) in [7, 11) is -3.56. The Bertz CT molecular complexity index is 711. The summed E-state index contributed by atoms with van der Waals surface area (Å²) in [6, 6.07) is 4.98. The number of fused-ring (bicyclic) bond motifs is 1. The van der Waals surface area contributed by atoms with E-state index in [9.17, 15) is 13.2 Å². The van der Waals surface area contributed by atoms with Crippen LogP contribution < -0.4 is 10.0 Å². The van der Waals surface area contributed by atoms with Gasteiger partial charge in [0, 0.05) is 10.9 Å². The summed E-state index contributed by atoms with van der Waals surface area (Å²) in [5.41, 5.74) is 0.587. The average Bonchev–Trinajstić information content (AvgIpc) is 2.50. The average molecular weight is 369 g/mol. The third kappa shape index (κ3) is 4.13. The topological polar surface area (TPSA) is 75.3 Å². The molecule has 0 radical (unpaired) electrons. The van der Waals surface area contributed by atoms with Gasteiger partial charge in [0.1, 0.15) is 0 Å². The lowest BCUT2D eigenvalue weighted by Gasteiger charge is -2.23. The van der Waals surface area contributed by atoms with E-state index >= 15 is 0 Å². The number of amides is 1. The quantitative estimate of drug-likeness (QED) is 0.856. The molecule has 1 aromatic rings. The maximum atomic E-state index is 12.7. The molecular weight excluding hydrogens is 344 g/mol. The molecule has 1 heterocycles. The van der Waals surface area contributed by atoms with E-state index in [4.69, 9.17) is 0 Å². The highest BCUT2D eigenvalue weighted by Crippen LogP contribution is 2.36. The summed E-state index contributed by atoms with van der Waals surface area (Å²) in [4.78, 5) is 12.9. The van der Waals surface area contributed by atoms with Gasteiger partial charge in [-0.25, -0.2) is 13.1 Å². The second-order valence-electron chi connectivity index (χ2n) is 6.57. The fraction of sp³-hybridized carbons (Fsp3) is 0.588. The Hall–Kier alpha value is -1.05. The summed E-state index contributed by atoms with van der Waals surface area (Å²) >= 11 is 1.45. The summed E-state index contributed by atoms with van der Waals surface area (Å²) in [5.74, 6) is -0.0879. The second-order valence-corrected chi connectivity index (χ2v) is 9.67. The van der Waals surface area contributed by atoms with Gasteiger partial charge in [-0.05, 0) is 38.0 Å². The van der Waals surface area contributed by atoms with E-state index < -0.39 is 10.0 Å². The maximum absolute atomic E-state index is 12.7. The fourth-order valence-corrected chi connectivity index (χ4v) is 5.48. The van der Waals surface area contributed by atoms with Crippen LogP contribution in [0.15, 0.2) is 28.0 Å². The van der Waals surface area contributed by atoms with Crippen LogP contribution in [0.4, 0.5) is 5.69 Å². The molecule has 1 aromatic carbocycles. The predicted molar refractivity (Wildman–Crippen MR) is 96.8 cm³/mol. The van der Waals surface area contributed by atoms with Gasteiger partial charge >= 0.3 is 0 Å². The molecule has 0 saturated heterocycles. The van der Waals surface area contributed by atoms with Crippen LogP contribution in [0.3, 0.4) is 0 Å². The van der Waals surface area contributed by atoms with E-state index in [2.05, 4.69) is 10.0 Å². The van der Waals surface area contributed by atoms with E-state index in [1.165, 1.54) is 31.0 Å². The van der Waals surface area contributed by atoms with Crippen LogP contribution in [-0.4, -0.2) is 25.6 Å². The number of rotatable bonds is 3. The standard InChI is InChI=1S/C17H24N2O3S2/c1-12-17(20)18-15-11-14(9-10-16(15)23-12)24(21,22)19-13-7-5-3-2-4-6-8-13/h9-13,19H,2-8H2,1H3,(H,18,20). The monoisotopic (exact) mass is 368 g/mol. The van der Waals surface area contributed by atoms with Crippen molar-refractivity contribution in [1.82, 2.24) is 4.72 Å². The number of sulfonamides is 1. The van der Waals surface area contributed by atoms with Crippen LogP contribution in [0.5, 0.6) is 0 Å². The Labute approximate surface area is 148 Å². The lowest BCUT2D eigenvalue weighted by Crippen LogP contribution is -2.35. The Morgan fingerprint density at radius 1 is 1.12 bits per heavy atom. The number of benzene rings is 1. The Morgan fingerprint density at radius 2 is 1.79 bits per heavy atom. The Kier molecular flexibility index (Phi) is 5.52. The van der Waals surface area contributed by atoms with Crippen molar-refractivity contribution in [3.63, 3.8) is 0 Å². The van der Waals surface area contributed by atoms with Crippen LogP contribution in [0.25, 0.3) is 0 Å². The molecule has 1 atom stereocenters. The molecule has 0 spiro atoms. The lowest BCUT2D eigenvalue weighted by molar-refractivity contribution is -0.115. The number of thioether (sulfide) groups is 1. The largest absolute Gasteiger partial charge is 0.324 e. The zero-order valence-electron chi connectivity index (χ0n) is 13.9. The molecular formula is C17H24N2O3S2. The van der Waals surface area contributed by atoms with Gasteiger partial charge in [-0.15, -0.1) is 11.8 Å².